The highest BCUT2D eigenvalue weighted by Crippen LogP contribution is 2.27. The Morgan fingerprint density at radius 3 is 2.13 bits per heavy atom. The highest BCUT2D eigenvalue weighted by Gasteiger charge is 2.33. The van der Waals surface area contributed by atoms with Crippen molar-refractivity contribution in [1.82, 2.24) is 10.2 Å². The lowest BCUT2D eigenvalue weighted by atomic mass is 10.1. The number of anilines is 1. The molecule has 1 atom stereocenters. The molecule has 0 aliphatic carbocycles. The van der Waals surface area contributed by atoms with Crippen LogP contribution >= 0.6 is 0 Å². The van der Waals surface area contributed by atoms with Gasteiger partial charge in [0.1, 0.15) is 24.1 Å². The monoisotopic (exact) mass is 553 g/mol. The van der Waals surface area contributed by atoms with Gasteiger partial charge in [-0.2, -0.15) is 0 Å². The van der Waals surface area contributed by atoms with Crippen LogP contribution < -0.4 is 19.1 Å². The first-order valence-corrected chi connectivity index (χ1v) is 14.1. The summed E-state index contributed by atoms with van der Waals surface area (Å²) in [7, 11) is -1.06. The summed E-state index contributed by atoms with van der Waals surface area (Å²) in [6, 6.07) is 20.7. The molecule has 0 spiro atoms. The Bertz CT molecular complexity index is 1350. The standard InChI is InChI=1S/C29H35N3O6S/c1-5-27(29(34)30-6-2)31(20-22-11-10-12-25(19-22)38-4)28(33)21-32(23-15-17-24(37-3)18-16-23)39(35,36)26-13-8-7-9-14-26/h7-19,27H,5-6,20-21H2,1-4H3,(H,30,34). The SMILES string of the molecule is CCNC(=O)C(CC)N(Cc1cccc(OC)c1)C(=O)CN(c1ccc(OC)cc1)S(=O)(=O)c1ccccc1. The van der Waals surface area contributed by atoms with Crippen LogP contribution in [0, 0.1) is 0 Å². The summed E-state index contributed by atoms with van der Waals surface area (Å²) in [5.41, 5.74) is 1.03. The Labute approximate surface area is 230 Å². The van der Waals surface area contributed by atoms with Gasteiger partial charge in [-0.3, -0.25) is 13.9 Å². The van der Waals surface area contributed by atoms with Crippen LogP contribution in [0.25, 0.3) is 0 Å². The number of hydrogen-bond acceptors (Lipinski definition) is 6. The molecule has 1 unspecified atom stereocenters. The largest absolute Gasteiger partial charge is 0.497 e. The zero-order valence-corrected chi connectivity index (χ0v) is 23.5. The van der Waals surface area contributed by atoms with E-state index >= 15 is 0 Å². The molecule has 10 heteroatoms. The van der Waals surface area contributed by atoms with Gasteiger partial charge < -0.3 is 19.7 Å². The van der Waals surface area contributed by atoms with Crippen molar-refractivity contribution < 1.29 is 27.5 Å². The van der Waals surface area contributed by atoms with E-state index in [1.807, 2.05) is 13.0 Å². The maximum Gasteiger partial charge on any atom is 0.264 e. The number of hydrogen-bond donors (Lipinski definition) is 1. The third-order valence-corrected chi connectivity index (χ3v) is 7.98. The zero-order chi connectivity index (χ0) is 28.4. The molecule has 2 amide bonds. The molecule has 0 fully saturated rings. The molecule has 0 aliphatic heterocycles. The summed E-state index contributed by atoms with van der Waals surface area (Å²) < 4.78 is 39.2. The number of amides is 2. The van der Waals surface area contributed by atoms with E-state index in [0.29, 0.717) is 30.2 Å². The topological polar surface area (TPSA) is 105 Å². The lowest BCUT2D eigenvalue weighted by Crippen LogP contribution is -2.52. The molecule has 3 rings (SSSR count). The fourth-order valence-electron chi connectivity index (χ4n) is 4.18. The molecule has 0 heterocycles. The second kappa shape index (κ2) is 13.7. The van der Waals surface area contributed by atoms with Crippen molar-refractivity contribution in [3.63, 3.8) is 0 Å². The van der Waals surface area contributed by atoms with Gasteiger partial charge in [-0.1, -0.05) is 37.3 Å². The Hall–Kier alpha value is -4.05. The Balaban J connectivity index is 2.05. The summed E-state index contributed by atoms with van der Waals surface area (Å²) in [4.78, 5) is 28.5. The molecular formula is C29H35N3O6S. The Morgan fingerprint density at radius 1 is 0.872 bits per heavy atom. The van der Waals surface area contributed by atoms with E-state index in [-0.39, 0.29) is 17.3 Å². The number of nitrogens with one attached hydrogen (secondary N) is 1. The predicted molar refractivity (Wildman–Crippen MR) is 150 cm³/mol. The third kappa shape index (κ3) is 7.29. The van der Waals surface area contributed by atoms with Crippen LogP contribution in [0.1, 0.15) is 25.8 Å². The maximum absolute atomic E-state index is 14.0. The van der Waals surface area contributed by atoms with Crippen LogP contribution in [0.2, 0.25) is 0 Å². The molecule has 0 bridgehead atoms. The molecule has 0 radical (unpaired) electrons. The zero-order valence-electron chi connectivity index (χ0n) is 22.7. The van der Waals surface area contributed by atoms with E-state index in [9.17, 15) is 18.0 Å². The van der Waals surface area contributed by atoms with Crippen molar-refractivity contribution in [1.29, 1.82) is 0 Å². The fourth-order valence-corrected chi connectivity index (χ4v) is 5.61. The number of ether oxygens (including phenoxy) is 2. The second-order valence-electron chi connectivity index (χ2n) is 8.71. The molecule has 0 saturated carbocycles. The van der Waals surface area contributed by atoms with Crippen molar-refractivity contribution in [2.75, 3.05) is 31.6 Å². The predicted octanol–water partition coefficient (Wildman–Crippen LogP) is 3.84. The minimum Gasteiger partial charge on any atom is -0.497 e. The highest BCUT2D eigenvalue weighted by atomic mass is 32.2. The third-order valence-electron chi connectivity index (χ3n) is 6.19. The van der Waals surface area contributed by atoms with Crippen LogP contribution in [0.4, 0.5) is 5.69 Å². The van der Waals surface area contributed by atoms with Gasteiger partial charge in [0.15, 0.2) is 0 Å². The summed E-state index contributed by atoms with van der Waals surface area (Å²) in [6.45, 7) is 3.60. The number of carbonyl (C=O) groups excluding carboxylic acids is 2. The fraction of sp³-hybridized carbons (Fsp3) is 0.310. The minimum atomic E-state index is -4.12. The first-order valence-electron chi connectivity index (χ1n) is 12.7. The molecule has 39 heavy (non-hydrogen) atoms. The van der Waals surface area contributed by atoms with Crippen LogP contribution in [0.15, 0.2) is 83.8 Å². The van der Waals surface area contributed by atoms with E-state index in [4.69, 9.17) is 9.47 Å². The molecule has 1 N–H and O–H groups in total. The average Bonchev–Trinajstić information content (AvgIpc) is 2.96. The number of sulfonamides is 1. The molecule has 208 valence electrons. The van der Waals surface area contributed by atoms with Gasteiger partial charge in [-0.15, -0.1) is 0 Å². The van der Waals surface area contributed by atoms with Gasteiger partial charge in [-0.05, 0) is 67.4 Å². The lowest BCUT2D eigenvalue weighted by molar-refractivity contribution is -0.140. The lowest BCUT2D eigenvalue weighted by Gasteiger charge is -2.33. The number of rotatable bonds is 13. The van der Waals surface area contributed by atoms with Crippen LogP contribution in [0.3, 0.4) is 0 Å². The highest BCUT2D eigenvalue weighted by molar-refractivity contribution is 7.92. The molecular weight excluding hydrogens is 518 g/mol. The summed E-state index contributed by atoms with van der Waals surface area (Å²) in [6.07, 6.45) is 0.343. The first-order chi connectivity index (χ1) is 18.7. The van der Waals surface area contributed by atoms with Gasteiger partial charge in [0.05, 0.1) is 24.8 Å². The van der Waals surface area contributed by atoms with E-state index in [2.05, 4.69) is 5.32 Å². The molecule has 3 aromatic carbocycles. The van der Waals surface area contributed by atoms with Crippen molar-refractivity contribution in [3.8, 4) is 11.5 Å². The van der Waals surface area contributed by atoms with E-state index in [1.165, 1.54) is 24.1 Å². The molecule has 0 aliphatic rings. The van der Waals surface area contributed by atoms with Gasteiger partial charge in [-0.25, -0.2) is 8.42 Å². The summed E-state index contributed by atoms with van der Waals surface area (Å²) in [5, 5.41) is 2.79. The molecule has 3 aromatic rings. The molecule has 0 saturated heterocycles. The van der Waals surface area contributed by atoms with Gasteiger partial charge in [0.25, 0.3) is 10.0 Å². The maximum atomic E-state index is 14.0. The first kappa shape index (κ1) is 29.5. The van der Waals surface area contributed by atoms with Crippen molar-refractivity contribution >= 4 is 27.5 Å². The number of likely N-dealkylation sites (N-methyl/N-ethyl adjacent to an activating group) is 1. The van der Waals surface area contributed by atoms with Gasteiger partial charge in [0.2, 0.25) is 11.8 Å². The van der Waals surface area contributed by atoms with Crippen LogP contribution in [-0.4, -0.2) is 58.5 Å². The molecule has 0 aromatic heterocycles. The number of carbonyl (C=O) groups is 2. The molecule has 9 nitrogen and oxygen atoms in total. The van der Waals surface area contributed by atoms with Crippen molar-refractivity contribution in [3.05, 3.63) is 84.4 Å². The second-order valence-corrected chi connectivity index (χ2v) is 10.6. The summed E-state index contributed by atoms with van der Waals surface area (Å²) in [5.74, 6) is 0.325. The Kier molecular flexibility index (Phi) is 10.3. The van der Waals surface area contributed by atoms with Gasteiger partial charge >= 0.3 is 0 Å². The normalized spacial score (nSPS) is 11.8. The number of benzene rings is 3. The Morgan fingerprint density at radius 2 is 1.54 bits per heavy atom. The van der Waals surface area contributed by atoms with Gasteiger partial charge in [0, 0.05) is 13.1 Å². The smallest absolute Gasteiger partial charge is 0.264 e. The van der Waals surface area contributed by atoms with E-state index < -0.39 is 28.5 Å². The van der Waals surface area contributed by atoms with Crippen LogP contribution in [0.5, 0.6) is 11.5 Å². The number of nitrogens with zero attached hydrogens (tertiary/aromatic N) is 2. The van der Waals surface area contributed by atoms with Crippen molar-refractivity contribution in [2.45, 2.75) is 37.8 Å². The van der Waals surface area contributed by atoms with Crippen molar-refractivity contribution in [2.24, 2.45) is 0 Å². The van der Waals surface area contributed by atoms with E-state index in [0.717, 1.165) is 9.87 Å². The number of methoxy groups -OCH3 is 2. The van der Waals surface area contributed by atoms with Crippen LogP contribution in [-0.2, 0) is 26.2 Å². The quantitative estimate of drug-likeness (QED) is 0.345. The summed E-state index contributed by atoms with van der Waals surface area (Å²) >= 11 is 0. The average molecular weight is 554 g/mol. The van der Waals surface area contributed by atoms with E-state index in [1.54, 1.807) is 74.7 Å². The minimum absolute atomic E-state index is 0.0451.